The van der Waals surface area contributed by atoms with Crippen LogP contribution in [-0.4, -0.2) is 25.1 Å². The standard InChI is InChI=1S/C17H21N3/c1-4-10-20(11-5-2)17-16-9-7-6-8-15(16)14(12-18-3)13-19-17/h1,6-9,13,18H,5,10-12H2,2-3H3. The van der Waals surface area contributed by atoms with Crippen LogP contribution in [0, 0.1) is 12.3 Å². The first-order valence-electron chi connectivity index (χ1n) is 7.01. The second-order valence-electron chi connectivity index (χ2n) is 4.81. The van der Waals surface area contributed by atoms with Crippen LogP contribution in [0.3, 0.4) is 0 Å². The number of terminal acetylenes is 1. The molecule has 1 N–H and O–H groups in total. The van der Waals surface area contributed by atoms with E-state index in [4.69, 9.17) is 6.42 Å². The van der Waals surface area contributed by atoms with Crippen LogP contribution in [-0.2, 0) is 6.54 Å². The fourth-order valence-corrected chi connectivity index (χ4v) is 2.46. The molecule has 0 bridgehead atoms. The molecule has 0 amide bonds. The number of fused-ring (bicyclic) bond motifs is 1. The Hall–Kier alpha value is -2.05. The molecule has 2 rings (SSSR count). The molecule has 1 aromatic heterocycles. The Kier molecular flexibility index (Phi) is 4.97. The molecule has 0 aliphatic carbocycles. The highest BCUT2D eigenvalue weighted by Crippen LogP contribution is 2.27. The van der Waals surface area contributed by atoms with Gasteiger partial charge in [-0.3, -0.25) is 0 Å². The maximum absolute atomic E-state index is 5.49. The van der Waals surface area contributed by atoms with Crippen molar-refractivity contribution >= 4 is 16.6 Å². The minimum atomic E-state index is 0.593. The van der Waals surface area contributed by atoms with Gasteiger partial charge in [0, 0.05) is 24.7 Å². The van der Waals surface area contributed by atoms with Gasteiger partial charge in [-0.25, -0.2) is 4.98 Å². The molecule has 20 heavy (non-hydrogen) atoms. The third kappa shape index (κ3) is 2.92. The Labute approximate surface area is 121 Å². The van der Waals surface area contributed by atoms with Crippen LogP contribution in [0.15, 0.2) is 30.5 Å². The van der Waals surface area contributed by atoms with Crippen molar-refractivity contribution in [2.75, 3.05) is 25.0 Å². The van der Waals surface area contributed by atoms with Gasteiger partial charge in [-0.15, -0.1) is 6.42 Å². The Bertz CT molecular complexity index is 613. The quantitative estimate of drug-likeness (QED) is 0.816. The molecule has 0 aliphatic heterocycles. The first-order chi connectivity index (χ1) is 9.81. The number of hydrogen-bond donors (Lipinski definition) is 1. The smallest absolute Gasteiger partial charge is 0.137 e. The van der Waals surface area contributed by atoms with Gasteiger partial charge in [0.15, 0.2) is 0 Å². The normalized spacial score (nSPS) is 10.4. The Morgan fingerprint density at radius 3 is 2.70 bits per heavy atom. The Balaban J connectivity index is 2.54. The lowest BCUT2D eigenvalue weighted by atomic mass is 10.1. The van der Waals surface area contributed by atoms with Crippen LogP contribution in [0.4, 0.5) is 5.82 Å². The molecule has 0 saturated carbocycles. The van der Waals surface area contributed by atoms with Crippen LogP contribution in [0.1, 0.15) is 18.9 Å². The van der Waals surface area contributed by atoms with Crippen LogP contribution in [0.5, 0.6) is 0 Å². The van der Waals surface area contributed by atoms with Crippen molar-refractivity contribution in [1.29, 1.82) is 0 Å². The molecule has 3 heteroatoms. The second-order valence-corrected chi connectivity index (χ2v) is 4.81. The highest BCUT2D eigenvalue weighted by molar-refractivity contribution is 5.94. The Morgan fingerprint density at radius 2 is 2.05 bits per heavy atom. The predicted octanol–water partition coefficient (Wildman–Crippen LogP) is 2.80. The van der Waals surface area contributed by atoms with E-state index in [2.05, 4.69) is 52.3 Å². The molecule has 104 valence electrons. The summed E-state index contributed by atoms with van der Waals surface area (Å²) in [5.74, 6) is 3.72. The SMILES string of the molecule is C#CCN(CCC)c1ncc(CNC)c2ccccc12. The topological polar surface area (TPSA) is 28.2 Å². The van der Waals surface area contributed by atoms with E-state index in [0.29, 0.717) is 6.54 Å². The molecule has 1 aromatic carbocycles. The van der Waals surface area contributed by atoms with Gasteiger partial charge in [0.1, 0.15) is 5.82 Å². The first-order valence-corrected chi connectivity index (χ1v) is 7.01. The van der Waals surface area contributed by atoms with E-state index in [0.717, 1.165) is 25.3 Å². The number of aromatic nitrogens is 1. The van der Waals surface area contributed by atoms with Crippen LogP contribution in [0.2, 0.25) is 0 Å². The fourth-order valence-electron chi connectivity index (χ4n) is 2.46. The molecule has 0 fully saturated rings. The molecule has 0 unspecified atom stereocenters. The maximum atomic E-state index is 5.49. The van der Waals surface area contributed by atoms with Crippen molar-refractivity contribution in [3.8, 4) is 12.3 Å². The average Bonchev–Trinajstić information content (AvgIpc) is 2.48. The largest absolute Gasteiger partial charge is 0.345 e. The molecule has 0 radical (unpaired) electrons. The maximum Gasteiger partial charge on any atom is 0.137 e. The first kappa shape index (κ1) is 14.4. The minimum Gasteiger partial charge on any atom is -0.345 e. The molecule has 0 saturated heterocycles. The van der Waals surface area contributed by atoms with Gasteiger partial charge in [-0.05, 0) is 24.4 Å². The van der Waals surface area contributed by atoms with Gasteiger partial charge in [0.25, 0.3) is 0 Å². The van der Waals surface area contributed by atoms with Gasteiger partial charge >= 0.3 is 0 Å². The van der Waals surface area contributed by atoms with E-state index < -0.39 is 0 Å². The second kappa shape index (κ2) is 6.93. The third-order valence-electron chi connectivity index (χ3n) is 3.30. The summed E-state index contributed by atoms with van der Waals surface area (Å²) < 4.78 is 0. The summed E-state index contributed by atoms with van der Waals surface area (Å²) in [6.07, 6.45) is 8.49. The summed E-state index contributed by atoms with van der Waals surface area (Å²) in [6.45, 7) is 4.49. The van der Waals surface area contributed by atoms with Crippen molar-refractivity contribution in [1.82, 2.24) is 10.3 Å². The summed E-state index contributed by atoms with van der Waals surface area (Å²) in [7, 11) is 1.95. The van der Waals surface area contributed by atoms with Gasteiger partial charge in [0.2, 0.25) is 0 Å². The predicted molar refractivity (Wildman–Crippen MR) is 85.8 cm³/mol. The molecule has 0 spiro atoms. The molecule has 0 atom stereocenters. The number of rotatable bonds is 6. The lowest BCUT2D eigenvalue weighted by molar-refractivity contribution is 0.802. The van der Waals surface area contributed by atoms with E-state index >= 15 is 0 Å². The number of nitrogens with one attached hydrogen (secondary N) is 1. The zero-order chi connectivity index (χ0) is 14.4. The highest BCUT2D eigenvalue weighted by Gasteiger charge is 2.12. The number of nitrogens with zero attached hydrogens (tertiary/aromatic N) is 2. The van der Waals surface area contributed by atoms with E-state index in [9.17, 15) is 0 Å². The molecule has 1 heterocycles. The van der Waals surface area contributed by atoms with Crippen molar-refractivity contribution in [3.05, 3.63) is 36.0 Å². The molecule has 0 aliphatic rings. The van der Waals surface area contributed by atoms with Crippen molar-refractivity contribution in [2.45, 2.75) is 19.9 Å². The Morgan fingerprint density at radius 1 is 1.30 bits per heavy atom. The van der Waals surface area contributed by atoms with E-state index in [1.54, 1.807) is 0 Å². The zero-order valence-corrected chi connectivity index (χ0v) is 12.2. The number of benzene rings is 1. The summed E-state index contributed by atoms with van der Waals surface area (Å²) >= 11 is 0. The monoisotopic (exact) mass is 267 g/mol. The van der Waals surface area contributed by atoms with Crippen LogP contribution < -0.4 is 10.2 Å². The van der Waals surface area contributed by atoms with E-state index in [1.807, 2.05) is 13.2 Å². The van der Waals surface area contributed by atoms with Crippen molar-refractivity contribution < 1.29 is 0 Å². The summed E-state index contributed by atoms with van der Waals surface area (Å²) in [6, 6.07) is 8.39. The summed E-state index contributed by atoms with van der Waals surface area (Å²) in [5, 5.41) is 5.60. The summed E-state index contributed by atoms with van der Waals surface area (Å²) in [5.41, 5.74) is 1.21. The fraction of sp³-hybridized carbons (Fsp3) is 0.353. The van der Waals surface area contributed by atoms with Crippen molar-refractivity contribution in [3.63, 3.8) is 0 Å². The molecule has 3 nitrogen and oxygen atoms in total. The lowest BCUT2D eigenvalue weighted by Gasteiger charge is -2.23. The van der Waals surface area contributed by atoms with Crippen molar-refractivity contribution in [2.24, 2.45) is 0 Å². The highest BCUT2D eigenvalue weighted by atomic mass is 15.2. The van der Waals surface area contributed by atoms with Crippen LogP contribution >= 0.6 is 0 Å². The van der Waals surface area contributed by atoms with Crippen LogP contribution in [0.25, 0.3) is 10.8 Å². The average molecular weight is 267 g/mol. The minimum absolute atomic E-state index is 0.593. The molecular weight excluding hydrogens is 246 g/mol. The lowest BCUT2D eigenvalue weighted by Crippen LogP contribution is -2.25. The molecular formula is C17H21N3. The van der Waals surface area contributed by atoms with Gasteiger partial charge in [0.05, 0.1) is 6.54 Å². The third-order valence-corrected chi connectivity index (χ3v) is 3.30. The number of anilines is 1. The number of pyridine rings is 1. The van der Waals surface area contributed by atoms with Gasteiger partial charge in [-0.2, -0.15) is 0 Å². The zero-order valence-electron chi connectivity index (χ0n) is 12.2. The van der Waals surface area contributed by atoms with Gasteiger partial charge < -0.3 is 10.2 Å². The number of hydrogen-bond acceptors (Lipinski definition) is 3. The van der Waals surface area contributed by atoms with E-state index in [1.165, 1.54) is 16.3 Å². The van der Waals surface area contributed by atoms with E-state index in [-0.39, 0.29) is 0 Å². The molecule has 2 aromatic rings. The summed E-state index contributed by atoms with van der Waals surface area (Å²) in [4.78, 5) is 6.83. The van der Waals surface area contributed by atoms with Gasteiger partial charge in [-0.1, -0.05) is 37.1 Å².